The molecule has 0 saturated heterocycles. The fourth-order valence-corrected chi connectivity index (χ4v) is 6.75. The fraction of sp³-hybridized carbons (Fsp3) is 0.240. The zero-order valence-corrected chi connectivity index (χ0v) is 21.7. The third-order valence-electron chi connectivity index (χ3n) is 6.06. The van der Waals surface area contributed by atoms with Crippen molar-refractivity contribution in [1.29, 1.82) is 0 Å². The van der Waals surface area contributed by atoms with Gasteiger partial charge in [-0.1, -0.05) is 61.4 Å². The molecule has 0 fully saturated rings. The number of aryl methyl sites for hydroxylation is 3. The predicted octanol–water partition coefficient (Wildman–Crippen LogP) is 5.12. The van der Waals surface area contributed by atoms with Crippen LogP contribution in [0.15, 0.2) is 70.5 Å². The molecule has 0 radical (unpaired) electrons. The lowest BCUT2D eigenvalue weighted by Crippen LogP contribution is -2.27. The van der Waals surface area contributed by atoms with Crippen molar-refractivity contribution in [2.45, 2.75) is 38.0 Å². The lowest BCUT2D eigenvalue weighted by atomic mass is 9.77. The second-order valence-electron chi connectivity index (χ2n) is 8.76. The van der Waals surface area contributed by atoms with Crippen molar-refractivity contribution < 1.29 is 8.42 Å². The quantitative estimate of drug-likeness (QED) is 0.326. The Balaban J connectivity index is 2.05. The Morgan fingerprint density at radius 2 is 1.44 bits per heavy atom. The van der Waals surface area contributed by atoms with Crippen LogP contribution in [0.4, 0.5) is 0 Å². The molecule has 166 valence electrons. The van der Waals surface area contributed by atoms with Crippen LogP contribution in [0.3, 0.4) is 0 Å². The van der Waals surface area contributed by atoms with Crippen LogP contribution >= 0.6 is 22.6 Å². The molecule has 0 saturated carbocycles. The smallest absolute Gasteiger partial charge is 0.275 e. The van der Waals surface area contributed by atoms with Crippen molar-refractivity contribution in [1.82, 2.24) is 8.54 Å². The zero-order valence-electron chi connectivity index (χ0n) is 18.7. The lowest BCUT2D eigenvalue weighted by molar-refractivity contribution is 0.587. The highest BCUT2D eigenvalue weighted by Gasteiger charge is 2.31. The van der Waals surface area contributed by atoms with E-state index in [9.17, 15) is 13.2 Å². The van der Waals surface area contributed by atoms with Gasteiger partial charge in [0.15, 0.2) is 0 Å². The molecule has 0 bridgehead atoms. The molecule has 0 atom stereocenters. The Morgan fingerprint density at radius 3 is 2.00 bits per heavy atom. The highest BCUT2D eigenvalue weighted by atomic mass is 127. The minimum atomic E-state index is -3.95. The molecule has 32 heavy (non-hydrogen) atoms. The first-order valence-corrected chi connectivity index (χ1v) is 12.8. The van der Waals surface area contributed by atoms with Gasteiger partial charge in [-0.25, -0.2) is 12.4 Å². The number of nitrogens with zero attached hydrogens (tertiary/aromatic N) is 2. The first-order valence-electron chi connectivity index (χ1n) is 10.2. The monoisotopic (exact) mass is 560 g/mol. The molecule has 2 aromatic carbocycles. The average molecular weight is 560 g/mol. The van der Waals surface area contributed by atoms with E-state index in [-0.39, 0.29) is 16.0 Å². The minimum absolute atomic E-state index is 0.156. The van der Waals surface area contributed by atoms with E-state index < -0.39 is 15.4 Å². The van der Waals surface area contributed by atoms with Gasteiger partial charge in [-0.2, -0.15) is 0 Å². The van der Waals surface area contributed by atoms with Gasteiger partial charge in [0.2, 0.25) is 0 Å². The topological polar surface area (TPSA) is 61.1 Å². The summed E-state index contributed by atoms with van der Waals surface area (Å²) < 4.78 is 30.3. The van der Waals surface area contributed by atoms with Gasteiger partial charge in [0.25, 0.3) is 15.6 Å². The molecule has 0 unspecified atom stereocenters. The summed E-state index contributed by atoms with van der Waals surface area (Å²) in [6.45, 7) is 8.13. The van der Waals surface area contributed by atoms with Crippen LogP contribution in [0, 0.1) is 17.5 Å². The summed E-state index contributed by atoms with van der Waals surface area (Å²) in [5.41, 5.74) is 3.51. The van der Waals surface area contributed by atoms with Crippen LogP contribution in [0.5, 0.6) is 0 Å². The Kier molecular flexibility index (Phi) is 5.61. The first-order chi connectivity index (χ1) is 14.9. The molecule has 2 aromatic heterocycles. The molecular formula is C25H25IN2O3S. The Bertz CT molecular complexity index is 1490. The molecule has 5 nitrogen and oxygen atoms in total. The third-order valence-corrected chi connectivity index (χ3v) is 8.91. The summed E-state index contributed by atoms with van der Waals surface area (Å²) in [4.78, 5) is 13.4. The largest absolute Gasteiger partial charge is 0.316 e. The molecule has 0 aliphatic heterocycles. The standard InChI is InChI=1S/C25H25IN2O3S/c1-16-6-10-18(11-7-16)25(3,4)21-15-27(5)24(29)23-20(21)14-22(26)28(23)32(30,31)19-12-8-17(2)9-13-19/h6-15H,1-5H3. The number of hydrogen-bond donors (Lipinski definition) is 0. The van der Waals surface area contributed by atoms with E-state index in [1.807, 2.05) is 42.6 Å². The zero-order chi connectivity index (χ0) is 23.4. The molecule has 0 N–H and O–H groups in total. The van der Waals surface area contributed by atoms with Crippen molar-refractivity contribution in [2.24, 2.45) is 7.05 Å². The fourth-order valence-electron chi connectivity index (χ4n) is 4.03. The van der Waals surface area contributed by atoms with Crippen molar-refractivity contribution in [3.63, 3.8) is 0 Å². The summed E-state index contributed by atoms with van der Waals surface area (Å²) >= 11 is 2.00. The Hall–Kier alpha value is -2.39. The van der Waals surface area contributed by atoms with Crippen LogP contribution in [0.1, 0.15) is 36.1 Å². The van der Waals surface area contributed by atoms with Gasteiger partial charge < -0.3 is 4.57 Å². The molecule has 0 aliphatic carbocycles. The molecule has 4 aromatic rings. The maximum absolute atomic E-state index is 13.6. The predicted molar refractivity (Wildman–Crippen MR) is 137 cm³/mol. The molecule has 2 heterocycles. The van der Waals surface area contributed by atoms with Gasteiger partial charge in [-0.3, -0.25) is 4.79 Å². The third kappa shape index (κ3) is 3.61. The highest BCUT2D eigenvalue weighted by Crippen LogP contribution is 2.37. The summed E-state index contributed by atoms with van der Waals surface area (Å²) in [6, 6.07) is 16.8. The van der Waals surface area contributed by atoms with Gasteiger partial charge in [0, 0.05) is 24.0 Å². The number of fused-ring (bicyclic) bond motifs is 1. The number of pyridine rings is 1. The van der Waals surface area contributed by atoms with E-state index in [1.165, 1.54) is 14.1 Å². The number of halogens is 1. The van der Waals surface area contributed by atoms with Gasteiger partial charge in [-0.05, 0) is 65.8 Å². The van der Waals surface area contributed by atoms with E-state index in [0.717, 1.165) is 16.7 Å². The van der Waals surface area contributed by atoms with Gasteiger partial charge in [0.1, 0.15) is 5.52 Å². The summed E-state index contributed by atoms with van der Waals surface area (Å²) in [6.07, 6.45) is 1.82. The van der Waals surface area contributed by atoms with E-state index >= 15 is 0 Å². The maximum Gasteiger partial charge on any atom is 0.275 e. The summed E-state index contributed by atoms with van der Waals surface area (Å²) in [5.74, 6) is 0. The normalized spacial score (nSPS) is 12.4. The number of rotatable bonds is 4. The average Bonchev–Trinajstić information content (AvgIpc) is 3.09. The molecule has 0 spiro atoms. The molecule has 4 rings (SSSR count). The van der Waals surface area contributed by atoms with Crippen LogP contribution in [0.25, 0.3) is 10.9 Å². The van der Waals surface area contributed by atoms with E-state index in [1.54, 1.807) is 37.4 Å². The molecule has 0 aliphatic rings. The van der Waals surface area contributed by atoms with Crippen LogP contribution < -0.4 is 5.56 Å². The Labute approximate surface area is 201 Å². The second-order valence-corrected chi connectivity index (χ2v) is 11.7. The van der Waals surface area contributed by atoms with Crippen LogP contribution in [-0.4, -0.2) is 17.0 Å². The van der Waals surface area contributed by atoms with E-state index in [4.69, 9.17) is 0 Å². The maximum atomic E-state index is 13.6. The number of aromatic nitrogens is 2. The first kappa shape index (κ1) is 22.8. The van der Waals surface area contributed by atoms with E-state index in [0.29, 0.717) is 9.09 Å². The van der Waals surface area contributed by atoms with Crippen molar-refractivity contribution >= 4 is 43.5 Å². The van der Waals surface area contributed by atoms with Gasteiger partial charge in [0.05, 0.1) is 8.60 Å². The van der Waals surface area contributed by atoms with Crippen molar-refractivity contribution in [3.05, 3.63) is 97.1 Å². The molecular weight excluding hydrogens is 535 g/mol. The van der Waals surface area contributed by atoms with E-state index in [2.05, 4.69) is 38.1 Å². The lowest BCUT2D eigenvalue weighted by Gasteiger charge is -2.27. The molecule has 7 heteroatoms. The second kappa shape index (κ2) is 7.88. The van der Waals surface area contributed by atoms with Crippen molar-refractivity contribution in [2.75, 3.05) is 0 Å². The van der Waals surface area contributed by atoms with Gasteiger partial charge in [-0.15, -0.1) is 0 Å². The summed E-state index contributed by atoms with van der Waals surface area (Å²) in [5, 5.41) is 0.652. The SMILES string of the molecule is Cc1ccc(C(C)(C)c2cn(C)c(=O)c3c2cc(I)n3S(=O)(=O)c2ccc(C)cc2)cc1. The highest BCUT2D eigenvalue weighted by molar-refractivity contribution is 14.1. The summed E-state index contributed by atoms with van der Waals surface area (Å²) in [7, 11) is -2.28. The number of benzene rings is 2. The van der Waals surface area contributed by atoms with Crippen molar-refractivity contribution in [3.8, 4) is 0 Å². The molecule has 0 amide bonds. The minimum Gasteiger partial charge on any atom is -0.316 e. The van der Waals surface area contributed by atoms with Crippen LogP contribution in [0.2, 0.25) is 0 Å². The number of hydrogen-bond acceptors (Lipinski definition) is 3. The Morgan fingerprint density at radius 1 is 0.906 bits per heavy atom. The van der Waals surface area contributed by atoms with Crippen LogP contribution in [-0.2, 0) is 22.5 Å². The van der Waals surface area contributed by atoms with Gasteiger partial charge >= 0.3 is 0 Å².